The molecule has 0 fully saturated rings. The Morgan fingerprint density at radius 3 is 2.57 bits per heavy atom. The van der Waals surface area contributed by atoms with Crippen LogP contribution in [0.4, 0.5) is 14.5 Å². The van der Waals surface area contributed by atoms with Crippen LogP contribution < -0.4 is 20.7 Å². The van der Waals surface area contributed by atoms with Gasteiger partial charge in [0, 0.05) is 21.4 Å². The van der Waals surface area contributed by atoms with Crippen LogP contribution in [0.25, 0.3) is 0 Å². The minimum atomic E-state index is -2.99. The number of hydrogen-bond acceptors (Lipinski definition) is 3. The number of allylic oxidation sites excluding steroid dienone is 1. The third-order valence-corrected chi connectivity index (χ3v) is 4.81. The lowest BCUT2D eigenvalue weighted by molar-refractivity contribution is -0.113. The predicted octanol–water partition coefficient (Wildman–Crippen LogP) is 4.48. The fourth-order valence-corrected chi connectivity index (χ4v) is 3.42. The standard InChI is InChI=1S/C19H16BrF2N3O2S/c1-10-15(17(26)24-12-8-6-11(20)7-9-12)16(25-19(28)23-10)13-4-2-3-5-14(13)27-18(21)22/h2-9,16,18H,1H3,(H,24,26)(H2,23,25,28). The summed E-state index contributed by atoms with van der Waals surface area (Å²) in [7, 11) is 0. The first-order valence-corrected chi connectivity index (χ1v) is 9.44. The zero-order valence-corrected chi connectivity index (χ0v) is 17.0. The zero-order valence-electron chi connectivity index (χ0n) is 14.6. The molecule has 0 bridgehead atoms. The first-order valence-electron chi connectivity index (χ1n) is 8.24. The second kappa shape index (κ2) is 8.66. The average Bonchev–Trinajstić information content (AvgIpc) is 2.63. The summed E-state index contributed by atoms with van der Waals surface area (Å²) in [5.41, 5.74) is 1.82. The number of amides is 1. The maximum absolute atomic E-state index is 13.0. The van der Waals surface area contributed by atoms with Crippen molar-refractivity contribution < 1.29 is 18.3 Å². The first-order chi connectivity index (χ1) is 13.3. The van der Waals surface area contributed by atoms with Crippen LogP contribution >= 0.6 is 28.1 Å². The number of alkyl halides is 2. The molecule has 0 saturated heterocycles. The minimum Gasteiger partial charge on any atom is -0.434 e. The highest BCUT2D eigenvalue weighted by Crippen LogP contribution is 2.34. The topological polar surface area (TPSA) is 62.4 Å². The molecule has 1 atom stereocenters. The third-order valence-electron chi connectivity index (χ3n) is 4.06. The van der Waals surface area contributed by atoms with Crippen molar-refractivity contribution in [3.8, 4) is 5.75 Å². The lowest BCUT2D eigenvalue weighted by atomic mass is 9.94. The van der Waals surface area contributed by atoms with E-state index in [9.17, 15) is 13.6 Å². The monoisotopic (exact) mass is 467 g/mol. The van der Waals surface area contributed by atoms with Gasteiger partial charge in [0.25, 0.3) is 5.91 Å². The molecule has 2 aromatic carbocycles. The summed E-state index contributed by atoms with van der Waals surface area (Å²) in [5.74, 6) is -0.416. The molecule has 3 rings (SSSR count). The maximum atomic E-state index is 13.0. The fraction of sp³-hybridized carbons (Fsp3) is 0.158. The number of para-hydroxylation sites is 1. The van der Waals surface area contributed by atoms with Crippen molar-refractivity contribution in [2.24, 2.45) is 0 Å². The van der Waals surface area contributed by atoms with E-state index in [0.717, 1.165) is 4.47 Å². The molecule has 1 unspecified atom stereocenters. The van der Waals surface area contributed by atoms with Crippen molar-refractivity contribution in [2.45, 2.75) is 19.6 Å². The lowest BCUT2D eigenvalue weighted by Crippen LogP contribution is -2.45. The first kappa shape index (κ1) is 20.2. The largest absolute Gasteiger partial charge is 0.434 e. The maximum Gasteiger partial charge on any atom is 0.387 e. The quantitative estimate of drug-likeness (QED) is 0.565. The van der Waals surface area contributed by atoms with Gasteiger partial charge in [0.15, 0.2) is 5.11 Å². The molecular weight excluding hydrogens is 452 g/mol. The SMILES string of the molecule is CC1=C(C(=O)Nc2ccc(Br)cc2)C(c2ccccc2OC(F)F)NC(=S)N1. The number of thiocarbonyl (C=S) groups is 1. The molecule has 1 heterocycles. The van der Waals surface area contributed by atoms with Gasteiger partial charge in [-0.1, -0.05) is 34.1 Å². The van der Waals surface area contributed by atoms with Crippen molar-refractivity contribution in [3.63, 3.8) is 0 Å². The van der Waals surface area contributed by atoms with Gasteiger partial charge in [-0.05, 0) is 49.5 Å². The van der Waals surface area contributed by atoms with E-state index in [1.54, 1.807) is 49.4 Å². The number of nitrogens with one attached hydrogen (secondary N) is 3. The summed E-state index contributed by atoms with van der Waals surface area (Å²) >= 11 is 8.53. The van der Waals surface area contributed by atoms with Crippen LogP contribution in [-0.2, 0) is 4.79 Å². The van der Waals surface area contributed by atoms with E-state index >= 15 is 0 Å². The third kappa shape index (κ3) is 4.66. The molecule has 2 aromatic rings. The highest BCUT2D eigenvalue weighted by Gasteiger charge is 2.32. The van der Waals surface area contributed by atoms with E-state index in [1.165, 1.54) is 6.07 Å². The molecule has 5 nitrogen and oxygen atoms in total. The number of anilines is 1. The van der Waals surface area contributed by atoms with E-state index in [4.69, 9.17) is 12.2 Å². The van der Waals surface area contributed by atoms with Crippen molar-refractivity contribution in [1.82, 2.24) is 10.6 Å². The van der Waals surface area contributed by atoms with E-state index in [0.29, 0.717) is 22.5 Å². The molecule has 28 heavy (non-hydrogen) atoms. The van der Waals surface area contributed by atoms with Crippen LogP contribution in [0.1, 0.15) is 18.5 Å². The van der Waals surface area contributed by atoms with Gasteiger partial charge in [0.2, 0.25) is 0 Å². The van der Waals surface area contributed by atoms with Gasteiger partial charge in [-0.2, -0.15) is 8.78 Å². The molecule has 1 amide bonds. The Balaban J connectivity index is 1.97. The minimum absolute atomic E-state index is 0.0264. The van der Waals surface area contributed by atoms with Gasteiger partial charge in [0.05, 0.1) is 11.6 Å². The molecule has 146 valence electrons. The van der Waals surface area contributed by atoms with Crippen molar-refractivity contribution >= 4 is 44.9 Å². The summed E-state index contributed by atoms with van der Waals surface area (Å²) in [6.45, 7) is -1.28. The van der Waals surface area contributed by atoms with Crippen LogP contribution in [0.3, 0.4) is 0 Å². The fourth-order valence-electron chi connectivity index (χ4n) is 2.88. The molecule has 9 heteroatoms. The average molecular weight is 468 g/mol. The number of benzene rings is 2. The van der Waals surface area contributed by atoms with Crippen molar-refractivity contribution in [1.29, 1.82) is 0 Å². The van der Waals surface area contributed by atoms with E-state index in [1.807, 2.05) is 0 Å². The predicted molar refractivity (Wildman–Crippen MR) is 110 cm³/mol. The molecule has 0 aromatic heterocycles. The van der Waals surface area contributed by atoms with E-state index < -0.39 is 12.7 Å². The van der Waals surface area contributed by atoms with Crippen LogP contribution in [0.2, 0.25) is 0 Å². The van der Waals surface area contributed by atoms with Gasteiger partial charge in [-0.3, -0.25) is 4.79 Å². The van der Waals surface area contributed by atoms with Crippen LogP contribution in [0.15, 0.2) is 64.3 Å². The van der Waals surface area contributed by atoms with E-state index in [2.05, 4.69) is 36.6 Å². The number of ether oxygens (including phenoxy) is 1. The van der Waals surface area contributed by atoms with Gasteiger partial charge in [-0.25, -0.2) is 0 Å². The number of hydrogen-bond donors (Lipinski definition) is 3. The second-order valence-electron chi connectivity index (χ2n) is 5.95. The molecule has 0 aliphatic carbocycles. The Morgan fingerprint density at radius 1 is 1.21 bits per heavy atom. The van der Waals surface area contributed by atoms with Crippen LogP contribution in [-0.4, -0.2) is 17.6 Å². The van der Waals surface area contributed by atoms with Crippen molar-refractivity contribution in [2.75, 3.05) is 5.32 Å². The van der Waals surface area contributed by atoms with Gasteiger partial charge >= 0.3 is 6.61 Å². The Kier molecular flexibility index (Phi) is 6.25. The number of carbonyl (C=O) groups excluding carboxylic acids is 1. The number of rotatable bonds is 5. The smallest absolute Gasteiger partial charge is 0.387 e. The molecule has 1 aliphatic rings. The van der Waals surface area contributed by atoms with Gasteiger partial charge in [0.1, 0.15) is 5.75 Å². The number of carbonyl (C=O) groups is 1. The van der Waals surface area contributed by atoms with Crippen molar-refractivity contribution in [3.05, 3.63) is 69.8 Å². The summed E-state index contributed by atoms with van der Waals surface area (Å²) in [4.78, 5) is 13.0. The summed E-state index contributed by atoms with van der Waals surface area (Å²) in [6.07, 6.45) is 0. The Bertz CT molecular complexity index is 935. The molecule has 3 N–H and O–H groups in total. The molecule has 0 radical (unpaired) electrons. The van der Waals surface area contributed by atoms with Crippen LogP contribution in [0.5, 0.6) is 5.75 Å². The lowest BCUT2D eigenvalue weighted by Gasteiger charge is -2.31. The van der Waals surface area contributed by atoms with E-state index in [-0.39, 0.29) is 16.8 Å². The Hall–Kier alpha value is -2.52. The molecule has 1 aliphatic heterocycles. The Morgan fingerprint density at radius 2 is 1.89 bits per heavy atom. The normalized spacial score (nSPS) is 16.5. The highest BCUT2D eigenvalue weighted by molar-refractivity contribution is 9.10. The molecule has 0 spiro atoms. The molecule has 0 saturated carbocycles. The molecular formula is C19H16BrF2N3O2S. The summed E-state index contributed by atoms with van der Waals surface area (Å²) < 4.78 is 31.2. The summed E-state index contributed by atoms with van der Waals surface area (Å²) in [5, 5.41) is 8.98. The highest BCUT2D eigenvalue weighted by atomic mass is 79.9. The zero-order chi connectivity index (χ0) is 20.3. The second-order valence-corrected chi connectivity index (χ2v) is 7.27. The van der Waals surface area contributed by atoms with Gasteiger partial charge in [-0.15, -0.1) is 0 Å². The van der Waals surface area contributed by atoms with Crippen LogP contribution in [0, 0.1) is 0 Å². The number of halogens is 3. The Labute approximate surface area is 174 Å². The van der Waals surface area contributed by atoms with Gasteiger partial charge < -0.3 is 20.7 Å². The summed E-state index contributed by atoms with van der Waals surface area (Å²) in [6, 6.07) is 12.6.